The van der Waals surface area contributed by atoms with Gasteiger partial charge in [-0.3, -0.25) is 4.79 Å². The van der Waals surface area contributed by atoms with E-state index in [1.807, 2.05) is 18.7 Å². The minimum Gasteiger partial charge on any atom is -0.368 e. The second-order valence-corrected chi connectivity index (χ2v) is 11.2. The minimum absolute atomic E-state index is 0.118. The Morgan fingerprint density at radius 3 is 2.18 bits per heavy atom. The summed E-state index contributed by atoms with van der Waals surface area (Å²) in [7, 11) is -3.96. The number of alkyl halides is 3. The molecule has 0 unspecified atom stereocenters. The lowest BCUT2D eigenvalue weighted by Gasteiger charge is -2.36. The van der Waals surface area contributed by atoms with E-state index in [0.29, 0.717) is 48.4 Å². The van der Waals surface area contributed by atoms with E-state index in [9.17, 15) is 26.4 Å². The Labute approximate surface area is 196 Å². The van der Waals surface area contributed by atoms with E-state index < -0.39 is 21.8 Å². The molecule has 180 valence electrons. The fourth-order valence-electron chi connectivity index (χ4n) is 3.51. The summed E-state index contributed by atoms with van der Waals surface area (Å²) in [5.41, 5.74) is 0.982. The van der Waals surface area contributed by atoms with Crippen LogP contribution in [0.15, 0.2) is 47.4 Å². The molecule has 3 rings (SSSR count). The maximum absolute atomic E-state index is 13.3. The lowest BCUT2D eigenvalue weighted by Crippen LogP contribution is -2.49. The highest BCUT2D eigenvalue weighted by molar-refractivity contribution is 7.99. The van der Waals surface area contributed by atoms with Crippen molar-refractivity contribution in [1.82, 2.24) is 4.90 Å². The number of piperazine rings is 1. The number of carbonyl (C=O) groups excluding carboxylic acids is 1. The molecular weight excluding hydrogens is 475 g/mol. The third-order valence-corrected chi connectivity index (χ3v) is 7.39. The fourth-order valence-corrected chi connectivity index (χ4v) is 4.82. The molecule has 0 radical (unpaired) electrons. The van der Waals surface area contributed by atoms with Crippen molar-refractivity contribution in [2.45, 2.75) is 35.9 Å². The lowest BCUT2D eigenvalue weighted by atomic mass is 10.1. The van der Waals surface area contributed by atoms with Gasteiger partial charge in [-0.25, -0.2) is 13.6 Å². The van der Waals surface area contributed by atoms with Gasteiger partial charge in [0.05, 0.1) is 10.5 Å². The molecule has 1 heterocycles. The molecule has 0 spiro atoms. The molecule has 0 atom stereocenters. The number of anilines is 1. The third kappa shape index (κ3) is 6.42. The number of primary sulfonamides is 1. The summed E-state index contributed by atoms with van der Waals surface area (Å²) >= 11 is 1.64. The van der Waals surface area contributed by atoms with E-state index in [4.69, 9.17) is 5.14 Å². The summed E-state index contributed by atoms with van der Waals surface area (Å²) in [4.78, 5) is 16.7. The average Bonchev–Trinajstić information content (AvgIpc) is 2.76. The van der Waals surface area contributed by atoms with Gasteiger partial charge in [-0.05, 0) is 47.2 Å². The first-order valence-electron chi connectivity index (χ1n) is 10.3. The number of nitrogens with two attached hydrogens (primary N) is 1. The van der Waals surface area contributed by atoms with E-state index in [0.717, 1.165) is 17.7 Å². The highest BCUT2D eigenvalue weighted by Gasteiger charge is 2.31. The van der Waals surface area contributed by atoms with Crippen LogP contribution in [0.5, 0.6) is 0 Å². The van der Waals surface area contributed by atoms with Gasteiger partial charge in [-0.2, -0.15) is 24.9 Å². The van der Waals surface area contributed by atoms with Gasteiger partial charge in [-0.1, -0.05) is 19.9 Å². The third-order valence-electron chi connectivity index (χ3n) is 5.34. The Morgan fingerprint density at radius 2 is 1.67 bits per heavy atom. The molecule has 6 nitrogen and oxygen atoms in total. The Bertz CT molecular complexity index is 1100. The lowest BCUT2D eigenvalue weighted by molar-refractivity contribution is -0.137. The summed E-state index contributed by atoms with van der Waals surface area (Å²) in [5.74, 6) is 0.265. The Morgan fingerprint density at radius 1 is 1.06 bits per heavy atom. The van der Waals surface area contributed by atoms with E-state index in [2.05, 4.69) is 0 Å². The number of carbonyl (C=O) groups is 1. The maximum Gasteiger partial charge on any atom is 0.416 e. The quantitative estimate of drug-likeness (QED) is 0.648. The number of nitrogens with zero attached hydrogens (tertiary/aromatic N) is 2. The van der Waals surface area contributed by atoms with Crippen LogP contribution in [0.4, 0.5) is 18.9 Å². The standard InChI is InChI=1S/C22H26F3N3O3S2/c1-15(2)32-14-16-3-8-19(33(26,30)31)13-20(16)21(29)28-11-9-27(10-12-28)18-6-4-17(5-7-18)22(23,24)25/h3-8,13,15H,9-12,14H2,1-2H3,(H2,26,30,31). The normalized spacial score (nSPS) is 15.2. The number of thioether (sulfide) groups is 1. The monoisotopic (exact) mass is 501 g/mol. The molecular formula is C22H26F3N3O3S2. The molecule has 1 aliphatic heterocycles. The molecule has 2 aromatic carbocycles. The van der Waals surface area contributed by atoms with Gasteiger partial charge >= 0.3 is 6.18 Å². The van der Waals surface area contributed by atoms with Crippen LogP contribution in [0.1, 0.15) is 35.3 Å². The molecule has 0 aliphatic carbocycles. The number of benzene rings is 2. The van der Waals surface area contributed by atoms with Crippen LogP contribution in [0.3, 0.4) is 0 Å². The first-order chi connectivity index (χ1) is 15.4. The number of hydrogen-bond donors (Lipinski definition) is 1. The van der Waals surface area contributed by atoms with Crippen LogP contribution >= 0.6 is 11.8 Å². The Balaban J connectivity index is 1.75. The molecule has 2 N–H and O–H groups in total. The predicted molar refractivity (Wildman–Crippen MR) is 124 cm³/mol. The molecule has 1 aliphatic rings. The van der Waals surface area contributed by atoms with Crippen molar-refractivity contribution < 1.29 is 26.4 Å². The van der Waals surface area contributed by atoms with Gasteiger partial charge in [0, 0.05) is 43.2 Å². The van der Waals surface area contributed by atoms with Crippen LogP contribution in [0, 0.1) is 0 Å². The summed E-state index contributed by atoms with van der Waals surface area (Å²) in [6, 6.07) is 9.31. The topological polar surface area (TPSA) is 83.7 Å². The number of amides is 1. The zero-order chi connectivity index (χ0) is 24.4. The van der Waals surface area contributed by atoms with Crippen LogP contribution in [0.2, 0.25) is 0 Å². The molecule has 2 aromatic rings. The summed E-state index contributed by atoms with van der Waals surface area (Å²) in [5, 5.41) is 5.59. The average molecular weight is 502 g/mol. The van der Waals surface area contributed by atoms with Crippen molar-refractivity contribution in [1.29, 1.82) is 0 Å². The van der Waals surface area contributed by atoms with Crippen molar-refractivity contribution in [3.8, 4) is 0 Å². The molecule has 1 saturated heterocycles. The van der Waals surface area contributed by atoms with Gasteiger partial charge in [0.1, 0.15) is 0 Å². The molecule has 1 amide bonds. The zero-order valence-electron chi connectivity index (χ0n) is 18.3. The number of hydrogen-bond acceptors (Lipinski definition) is 5. The predicted octanol–water partition coefficient (Wildman–Crippen LogP) is 3.96. The Hall–Kier alpha value is -2.24. The van der Waals surface area contributed by atoms with Crippen molar-refractivity contribution in [2.24, 2.45) is 5.14 Å². The van der Waals surface area contributed by atoms with E-state index in [-0.39, 0.29) is 10.8 Å². The minimum atomic E-state index is -4.39. The van der Waals surface area contributed by atoms with Gasteiger partial charge in [-0.15, -0.1) is 0 Å². The summed E-state index contributed by atoms with van der Waals surface area (Å²) in [6.45, 7) is 5.67. The van der Waals surface area contributed by atoms with Gasteiger partial charge < -0.3 is 9.80 Å². The molecule has 33 heavy (non-hydrogen) atoms. The fraction of sp³-hybridized carbons (Fsp3) is 0.409. The highest BCUT2D eigenvalue weighted by Crippen LogP contribution is 2.31. The molecule has 11 heteroatoms. The first kappa shape index (κ1) is 25.4. The van der Waals surface area contributed by atoms with E-state index in [1.165, 1.54) is 24.3 Å². The maximum atomic E-state index is 13.3. The largest absolute Gasteiger partial charge is 0.416 e. The van der Waals surface area contributed by atoms with Gasteiger partial charge in [0.15, 0.2) is 0 Å². The van der Waals surface area contributed by atoms with Crippen molar-refractivity contribution >= 4 is 33.4 Å². The van der Waals surface area contributed by atoms with Crippen molar-refractivity contribution in [3.63, 3.8) is 0 Å². The first-order valence-corrected chi connectivity index (χ1v) is 12.9. The zero-order valence-corrected chi connectivity index (χ0v) is 19.9. The second kappa shape index (κ2) is 9.94. The van der Waals surface area contributed by atoms with Crippen molar-refractivity contribution in [3.05, 3.63) is 59.2 Å². The van der Waals surface area contributed by atoms with Crippen molar-refractivity contribution in [2.75, 3.05) is 31.1 Å². The highest BCUT2D eigenvalue weighted by atomic mass is 32.2. The number of sulfonamides is 1. The van der Waals surface area contributed by atoms with Gasteiger partial charge in [0.25, 0.3) is 5.91 Å². The molecule has 0 aromatic heterocycles. The number of rotatable bonds is 6. The smallest absolute Gasteiger partial charge is 0.368 e. The molecule has 0 saturated carbocycles. The molecule has 1 fully saturated rings. The second-order valence-electron chi connectivity index (χ2n) is 8.05. The van der Waals surface area contributed by atoms with Crippen LogP contribution in [-0.4, -0.2) is 50.7 Å². The Kier molecular flexibility index (Phi) is 7.65. The van der Waals surface area contributed by atoms with Crippen LogP contribution < -0.4 is 10.0 Å². The summed E-state index contributed by atoms with van der Waals surface area (Å²) in [6.07, 6.45) is -4.39. The number of halogens is 3. The summed E-state index contributed by atoms with van der Waals surface area (Å²) < 4.78 is 62.0. The van der Waals surface area contributed by atoms with E-state index >= 15 is 0 Å². The van der Waals surface area contributed by atoms with E-state index in [1.54, 1.807) is 22.7 Å². The van der Waals surface area contributed by atoms with Crippen LogP contribution in [-0.2, 0) is 22.0 Å². The SMILES string of the molecule is CC(C)SCc1ccc(S(N)(=O)=O)cc1C(=O)N1CCN(c2ccc(C(F)(F)F)cc2)CC1. The van der Waals surface area contributed by atoms with Gasteiger partial charge in [0.2, 0.25) is 10.0 Å². The van der Waals surface area contributed by atoms with Crippen LogP contribution in [0.25, 0.3) is 0 Å². The molecule has 0 bridgehead atoms.